The number of nitrogens with one attached hydrogen (secondary N) is 1. The zero-order valence-electron chi connectivity index (χ0n) is 15.7. The first kappa shape index (κ1) is 19.7. The van der Waals surface area contributed by atoms with Crippen molar-refractivity contribution in [1.82, 2.24) is 25.5 Å². The molecule has 0 aliphatic heterocycles. The number of carbonyl (C=O) groups excluding carboxylic acids is 1. The number of thioether (sulfide) groups is 1. The number of tetrazole rings is 1. The maximum absolute atomic E-state index is 12.1. The number of ether oxygens (including phenoxy) is 2. The number of methoxy groups -OCH3 is 2. The molecule has 0 bridgehead atoms. The molecule has 1 N–H and O–H groups in total. The third-order valence-corrected chi connectivity index (χ3v) is 4.85. The van der Waals surface area contributed by atoms with Crippen LogP contribution in [-0.2, 0) is 11.2 Å². The van der Waals surface area contributed by atoms with E-state index in [2.05, 4.69) is 20.8 Å². The van der Waals surface area contributed by atoms with E-state index in [1.165, 1.54) is 17.3 Å². The molecule has 0 aliphatic carbocycles. The second-order valence-corrected chi connectivity index (χ2v) is 6.76. The van der Waals surface area contributed by atoms with E-state index >= 15 is 0 Å². The molecule has 28 heavy (non-hydrogen) atoms. The molecule has 1 heterocycles. The lowest BCUT2D eigenvalue weighted by molar-refractivity contribution is -0.118. The Hall–Kier alpha value is -3.07. The molecule has 1 aromatic heterocycles. The molecule has 0 spiro atoms. The summed E-state index contributed by atoms with van der Waals surface area (Å²) >= 11 is 1.26. The van der Waals surface area contributed by atoms with Crippen LogP contribution in [0.25, 0.3) is 5.69 Å². The van der Waals surface area contributed by atoms with Crippen LogP contribution in [-0.4, -0.2) is 52.6 Å². The average molecular weight is 399 g/mol. The zero-order chi connectivity index (χ0) is 19.8. The summed E-state index contributed by atoms with van der Waals surface area (Å²) in [5, 5.41) is 15.2. The maximum atomic E-state index is 12.1. The number of aromatic nitrogens is 4. The molecular formula is C19H21N5O3S. The van der Waals surface area contributed by atoms with Gasteiger partial charge < -0.3 is 14.8 Å². The van der Waals surface area contributed by atoms with Crippen LogP contribution in [0, 0.1) is 0 Å². The molecular weight excluding hydrogens is 378 g/mol. The van der Waals surface area contributed by atoms with Crippen molar-refractivity contribution in [3.8, 4) is 17.2 Å². The van der Waals surface area contributed by atoms with Crippen molar-refractivity contribution >= 4 is 17.7 Å². The van der Waals surface area contributed by atoms with Gasteiger partial charge in [0.2, 0.25) is 11.1 Å². The van der Waals surface area contributed by atoms with Crippen molar-refractivity contribution in [2.75, 3.05) is 26.5 Å². The van der Waals surface area contributed by atoms with E-state index in [0.717, 1.165) is 6.42 Å². The Balaban J connectivity index is 1.58. The van der Waals surface area contributed by atoms with Gasteiger partial charge in [0, 0.05) is 24.7 Å². The summed E-state index contributed by atoms with van der Waals surface area (Å²) < 4.78 is 12.1. The number of hydrogen-bond donors (Lipinski definition) is 1. The average Bonchev–Trinajstić information content (AvgIpc) is 3.21. The zero-order valence-corrected chi connectivity index (χ0v) is 16.5. The molecule has 1 amide bonds. The van der Waals surface area contributed by atoms with E-state index in [1.807, 2.05) is 30.3 Å². The fourth-order valence-electron chi connectivity index (χ4n) is 2.52. The van der Waals surface area contributed by atoms with E-state index in [-0.39, 0.29) is 11.7 Å². The number of hydrogen-bond acceptors (Lipinski definition) is 7. The quantitative estimate of drug-likeness (QED) is 0.551. The summed E-state index contributed by atoms with van der Waals surface area (Å²) in [6.07, 6.45) is 0.790. The highest BCUT2D eigenvalue weighted by Crippen LogP contribution is 2.26. The minimum atomic E-state index is -0.0706. The Kier molecular flexibility index (Phi) is 6.85. The molecule has 3 aromatic rings. The van der Waals surface area contributed by atoms with Crippen LogP contribution in [0.15, 0.2) is 53.7 Å². The highest BCUT2D eigenvalue weighted by Gasteiger charge is 2.13. The molecule has 0 fully saturated rings. The van der Waals surface area contributed by atoms with Gasteiger partial charge in [0.25, 0.3) is 0 Å². The van der Waals surface area contributed by atoms with Gasteiger partial charge in [-0.3, -0.25) is 4.79 Å². The van der Waals surface area contributed by atoms with Gasteiger partial charge in [-0.25, -0.2) is 0 Å². The minimum Gasteiger partial charge on any atom is -0.497 e. The summed E-state index contributed by atoms with van der Waals surface area (Å²) in [6.45, 7) is 0.585. The van der Waals surface area contributed by atoms with E-state index < -0.39 is 0 Å². The first-order valence-electron chi connectivity index (χ1n) is 8.65. The third-order valence-electron chi connectivity index (χ3n) is 3.93. The van der Waals surface area contributed by atoms with Crippen LogP contribution >= 0.6 is 11.8 Å². The van der Waals surface area contributed by atoms with Gasteiger partial charge >= 0.3 is 0 Å². The number of benzene rings is 2. The smallest absolute Gasteiger partial charge is 0.230 e. The molecule has 0 unspecified atom stereocenters. The fraction of sp³-hybridized carbons (Fsp3) is 0.263. The second kappa shape index (κ2) is 9.75. The van der Waals surface area contributed by atoms with Crippen molar-refractivity contribution in [2.24, 2.45) is 0 Å². The first-order valence-corrected chi connectivity index (χ1v) is 9.63. The normalized spacial score (nSPS) is 10.5. The molecule has 0 saturated heterocycles. The predicted octanol–water partition coefficient (Wildman–Crippen LogP) is 2.13. The monoisotopic (exact) mass is 399 g/mol. The van der Waals surface area contributed by atoms with Crippen LogP contribution in [0.1, 0.15) is 5.56 Å². The molecule has 0 saturated carbocycles. The Morgan fingerprint density at radius 2 is 1.82 bits per heavy atom. The lowest BCUT2D eigenvalue weighted by Crippen LogP contribution is -2.27. The Morgan fingerprint density at radius 1 is 1.11 bits per heavy atom. The Bertz CT molecular complexity index is 895. The van der Waals surface area contributed by atoms with Crippen LogP contribution < -0.4 is 14.8 Å². The van der Waals surface area contributed by atoms with E-state index in [9.17, 15) is 4.79 Å². The molecule has 146 valence electrons. The fourth-order valence-corrected chi connectivity index (χ4v) is 3.24. The van der Waals surface area contributed by atoms with E-state index in [0.29, 0.717) is 28.9 Å². The molecule has 0 atom stereocenters. The van der Waals surface area contributed by atoms with Gasteiger partial charge in [0.15, 0.2) is 0 Å². The standard InChI is InChI=1S/C19H21N5O3S/c1-26-16-10-15(11-17(12-16)27-2)24-19(21-22-23-24)28-13-18(25)20-9-8-14-6-4-3-5-7-14/h3-7,10-12H,8-9,13H2,1-2H3,(H,20,25). The maximum Gasteiger partial charge on any atom is 0.230 e. The van der Waals surface area contributed by atoms with Gasteiger partial charge in [-0.2, -0.15) is 4.68 Å². The SMILES string of the molecule is COc1cc(OC)cc(-n2nnnc2SCC(=O)NCCc2ccccc2)c1. The van der Waals surface area contributed by atoms with Crippen molar-refractivity contribution in [1.29, 1.82) is 0 Å². The second-order valence-electron chi connectivity index (χ2n) is 5.82. The van der Waals surface area contributed by atoms with Crippen molar-refractivity contribution in [3.63, 3.8) is 0 Å². The van der Waals surface area contributed by atoms with Crippen LogP contribution in [0.5, 0.6) is 11.5 Å². The Labute approximate surface area is 167 Å². The third kappa shape index (κ3) is 5.23. The van der Waals surface area contributed by atoms with Crippen LogP contribution in [0.3, 0.4) is 0 Å². The molecule has 9 heteroatoms. The van der Waals surface area contributed by atoms with Gasteiger partial charge in [-0.05, 0) is 22.4 Å². The molecule has 8 nitrogen and oxygen atoms in total. The van der Waals surface area contributed by atoms with Crippen molar-refractivity contribution < 1.29 is 14.3 Å². The first-order chi connectivity index (χ1) is 13.7. The number of carbonyl (C=O) groups is 1. The van der Waals surface area contributed by atoms with Crippen LogP contribution in [0.4, 0.5) is 0 Å². The number of amides is 1. The number of rotatable bonds is 9. The van der Waals surface area contributed by atoms with E-state index in [4.69, 9.17) is 9.47 Å². The summed E-state index contributed by atoms with van der Waals surface area (Å²) in [7, 11) is 3.15. The molecule has 2 aromatic carbocycles. The lowest BCUT2D eigenvalue weighted by atomic mass is 10.1. The largest absolute Gasteiger partial charge is 0.497 e. The Morgan fingerprint density at radius 3 is 2.50 bits per heavy atom. The predicted molar refractivity (Wildman–Crippen MR) is 106 cm³/mol. The highest BCUT2D eigenvalue weighted by molar-refractivity contribution is 7.99. The molecule has 3 rings (SSSR count). The van der Waals surface area contributed by atoms with Gasteiger partial charge in [0.05, 0.1) is 25.7 Å². The topological polar surface area (TPSA) is 91.2 Å². The summed E-state index contributed by atoms with van der Waals surface area (Å²) in [5.41, 5.74) is 1.87. The van der Waals surface area contributed by atoms with Gasteiger partial charge in [0.1, 0.15) is 11.5 Å². The van der Waals surface area contributed by atoms with Crippen molar-refractivity contribution in [3.05, 3.63) is 54.1 Å². The summed E-state index contributed by atoms with van der Waals surface area (Å²) in [6, 6.07) is 15.4. The van der Waals surface area contributed by atoms with Crippen LogP contribution in [0.2, 0.25) is 0 Å². The summed E-state index contributed by atoms with van der Waals surface area (Å²) in [4.78, 5) is 12.1. The molecule has 0 radical (unpaired) electrons. The minimum absolute atomic E-state index is 0.0706. The van der Waals surface area contributed by atoms with Gasteiger partial charge in [-0.15, -0.1) is 5.10 Å². The summed E-state index contributed by atoms with van der Waals surface area (Å²) in [5.74, 6) is 1.40. The van der Waals surface area contributed by atoms with Crippen molar-refractivity contribution in [2.45, 2.75) is 11.6 Å². The highest BCUT2D eigenvalue weighted by atomic mass is 32.2. The van der Waals surface area contributed by atoms with E-state index in [1.54, 1.807) is 37.1 Å². The lowest BCUT2D eigenvalue weighted by Gasteiger charge is -2.09. The number of nitrogens with zero attached hydrogens (tertiary/aromatic N) is 4. The van der Waals surface area contributed by atoms with Gasteiger partial charge in [-0.1, -0.05) is 42.1 Å². The molecule has 0 aliphatic rings.